The van der Waals surface area contributed by atoms with Gasteiger partial charge >= 0.3 is 0 Å². The summed E-state index contributed by atoms with van der Waals surface area (Å²) in [5.74, 6) is 0. The summed E-state index contributed by atoms with van der Waals surface area (Å²) < 4.78 is 0. The number of hydrogen-bond acceptors (Lipinski definition) is 2. The Balaban J connectivity index is 3.02. The Morgan fingerprint density at radius 1 is 0.609 bits per heavy atom. The van der Waals surface area contributed by atoms with Crippen LogP contribution in [-0.4, -0.2) is 24.8 Å². The van der Waals surface area contributed by atoms with E-state index >= 15 is 0 Å². The lowest BCUT2D eigenvalue weighted by atomic mass is 10.1. The number of hydrogen-bond donors (Lipinski definition) is 2. The Labute approximate surface area is 146 Å². The highest BCUT2D eigenvalue weighted by atomic mass is 16.3. The molecule has 0 heterocycles. The topological polar surface area (TPSA) is 32.3 Å². The molecule has 0 amide bonds. The van der Waals surface area contributed by atoms with Crippen molar-refractivity contribution in [2.75, 3.05) is 19.7 Å². The first kappa shape index (κ1) is 22.7. The van der Waals surface area contributed by atoms with Crippen LogP contribution in [-0.2, 0) is 0 Å². The van der Waals surface area contributed by atoms with Gasteiger partial charge in [-0.1, -0.05) is 76.9 Å². The summed E-state index contributed by atoms with van der Waals surface area (Å²) in [6, 6.07) is 0. The van der Waals surface area contributed by atoms with Crippen molar-refractivity contribution in [3.8, 4) is 0 Å². The maximum atomic E-state index is 8.67. The van der Waals surface area contributed by atoms with Crippen LogP contribution in [0.15, 0.2) is 12.2 Å². The van der Waals surface area contributed by atoms with E-state index < -0.39 is 0 Å². The molecule has 0 aliphatic carbocycles. The van der Waals surface area contributed by atoms with E-state index in [0.717, 1.165) is 19.5 Å². The Bertz CT molecular complexity index is 228. The van der Waals surface area contributed by atoms with Crippen LogP contribution < -0.4 is 5.32 Å². The van der Waals surface area contributed by atoms with E-state index in [1.165, 1.54) is 89.9 Å². The van der Waals surface area contributed by atoms with Crippen LogP contribution in [0.4, 0.5) is 0 Å². The number of unbranched alkanes of at least 4 members (excludes halogenated alkanes) is 12. The summed E-state index contributed by atoms with van der Waals surface area (Å²) in [5, 5.41) is 12.0. The Hall–Kier alpha value is -0.340. The average Bonchev–Trinajstić information content (AvgIpc) is 2.57. The molecule has 2 nitrogen and oxygen atoms in total. The van der Waals surface area contributed by atoms with Gasteiger partial charge in [0, 0.05) is 6.61 Å². The van der Waals surface area contributed by atoms with Crippen LogP contribution in [0.2, 0.25) is 0 Å². The summed E-state index contributed by atoms with van der Waals surface area (Å²) in [6.45, 7) is 4.66. The zero-order valence-electron chi connectivity index (χ0n) is 15.8. The van der Waals surface area contributed by atoms with E-state index in [1.807, 2.05) is 0 Å². The molecule has 2 heteroatoms. The molecule has 0 rings (SSSR count). The van der Waals surface area contributed by atoms with Crippen LogP contribution in [0.1, 0.15) is 103 Å². The second kappa shape index (κ2) is 21.7. The smallest absolute Gasteiger partial charge is 0.0443 e. The summed E-state index contributed by atoms with van der Waals surface area (Å²) >= 11 is 0. The third-order valence-corrected chi connectivity index (χ3v) is 4.38. The zero-order valence-corrected chi connectivity index (χ0v) is 15.8. The van der Waals surface area contributed by atoms with Gasteiger partial charge in [0.2, 0.25) is 0 Å². The monoisotopic (exact) mass is 325 g/mol. The van der Waals surface area contributed by atoms with Crippen LogP contribution >= 0.6 is 0 Å². The second-order valence-corrected chi connectivity index (χ2v) is 6.77. The molecule has 23 heavy (non-hydrogen) atoms. The molecule has 0 aromatic heterocycles. The van der Waals surface area contributed by atoms with Gasteiger partial charge in [-0.15, -0.1) is 0 Å². The van der Waals surface area contributed by atoms with Crippen molar-refractivity contribution in [3.63, 3.8) is 0 Å². The van der Waals surface area contributed by atoms with Crippen LogP contribution in [0.5, 0.6) is 0 Å². The molecule has 0 aromatic rings. The number of allylic oxidation sites excluding steroid dienone is 2. The van der Waals surface area contributed by atoms with Gasteiger partial charge in [-0.05, 0) is 51.6 Å². The number of nitrogens with one attached hydrogen (secondary N) is 1. The third kappa shape index (κ3) is 21.7. The molecule has 0 aliphatic rings. The lowest BCUT2D eigenvalue weighted by Crippen LogP contribution is -2.17. The Kier molecular flexibility index (Phi) is 21.3. The molecule has 0 saturated carbocycles. The van der Waals surface area contributed by atoms with Gasteiger partial charge in [0.15, 0.2) is 0 Å². The summed E-state index contributed by atoms with van der Waals surface area (Å²) in [6.07, 6.45) is 24.8. The van der Waals surface area contributed by atoms with Crippen molar-refractivity contribution in [1.82, 2.24) is 5.32 Å². The highest BCUT2D eigenvalue weighted by molar-refractivity contribution is 4.81. The predicted molar refractivity (Wildman–Crippen MR) is 104 cm³/mol. The van der Waals surface area contributed by atoms with Crippen molar-refractivity contribution in [2.24, 2.45) is 0 Å². The summed E-state index contributed by atoms with van der Waals surface area (Å²) in [7, 11) is 0. The van der Waals surface area contributed by atoms with E-state index in [-0.39, 0.29) is 0 Å². The van der Waals surface area contributed by atoms with Gasteiger partial charge in [0.05, 0.1) is 0 Å². The molecule has 0 aliphatic heterocycles. The second-order valence-electron chi connectivity index (χ2n) is 6.77. The molecule has 0 fully saturated rings. The zero-order chi connectivity index (χ0) is 16.8. The number of rotatable bonds is 19. The standard InChI is InChI=1S/C21H43NO/c1-2-3-4-5-6-7-8-9-10-11-12-13-14-15-16-17-19-22-20-18-21-23/h9-10,22-23H,2-8,11-21H2,1H3/b10-9-. The fourth-order valence-electron chi connectivity index (χ4n) is 2.83. The first-order chi connectivity index (χ1) is 11.4. The molecule has 138 valence electrons. The molecule has 0 atom stereocenters. The number of aliphatic hydroxyl groups excluding tert-OH is 1. The van der Waals surface area contributed by atoms with Crippen LogP contribution in [0, 0.1) is 0 Å². The van der Waals surface area contributed by atoms with Gasteiger partial charge < -0.3 is 10.4 Å². The van der Waals surface area contributed by atoms with Crippen molar-refractivity contribution >= 4 is 0 Å². The Morgan fingerprint density at radius 3 is 1.65 bits per heavy atom. The lowest BCUT2D eigenvalue weighted by Gasteiger charge is -2.03. The largest absolute Gasteiger partial charge is 0.396 e. The van der Waals surface area contributed by atoms with Gasteiger partial charge in [-0.3, -0.25) is 0 Å². The minimum Gasteiger partial charge on any atom is -0.396 e. The van der Waals surface area contributed by atoms with Gasteiger partial charge in [-0.2, -0.15) is 0 Å². The lowest BCUT2D eigenvalue weighted by molar-refractivity contribution is 0.286. The molecular weight excluding hydrogens is 282 g/mol. The molecule has 0 unspecified atom stereocenters. The van der Waals surface area contributed by atoms with Crippen molar-refractivity contribution < 1.29 is 5.11 Å². The van der Waals surface area contributed by atoms with Crippen LogP contribution in [0.3, 0.4) is 0 Å². The fourth-order valence-corrected chi connectivity index (χ4v) is 2.83. The highest BCUT2D eigenvalue weighted by Gasteiger charge is 1.92. The van der Waals surface area contributed by atoms with Crippen molar-refractivity contribution in [3.05, 3.63) is 12.2 Å². The fraction of sp³-hybridized carbons (Fsp3) is 0.905. The van der Waals surface area contributed by atoms with Crippen molar-refractivity contribution in [2.45, 2.75) is 103 Å². The minimum atomic E-state index is 0.306. The van der Waals surface area contributed by atoms with E-state index in [2.05, 4.69) is 24.4 Å². The normalized spacial score (nSPS) is 11.6. The first-order valence-corrected chi connectivity index (χ1v) is 10.4. The van der Waals surface area contributed by atoms with E-state index in [9.17, 15) is 0 Å². The van der Waals surface area contributed by atoms with Crippen LogP contribution in [0.25, 0.3) is 0 Å². The quantitative estimate of drug-likeness (QED) is 0.226. The average molecular weight is 326 g/mol. The maximum Gasteiger partial charge on any atom is 0.0443 e. The molecule has 0 radical (unpaired) electrons. The van der Waals surface area contributed by atoms with Gasteiger partial charge in [0.1, 0.15) is 0 Å². The van der Waals surface area contributed by atoms with Crippen molar-refractivity contribution in [1.29, 1.82) is 0 Å². The van der Waals surface area contributed by atoms with Gasteiger partial charge in [0.25, 0.3) is 0 Å². The van der Waals surface area contributed by atoms with E-state index in [0.29, 0.717) is 6.61 Å². The summed E-state index contributed by atoms with van der Waals surface area (Å²) in [4.78, 5) is 0. The molecule has 2 N–H and O–H groups in total. The SMILES string of the molecule is CCCCCCCC/C=C\CCCCCCCCNCCCO. The third-order valence-electron chi connectivity index (χ3n) is 4.38. The predicted octanol–water partition coefficient (Wildman–Crippen LogP) is 6.00. The van der Waals surface area contributed by atoms with Gasteiger partial charge in [-0.25, -0.2) is 0 Å². The maximum absolute atomic E-state index is 8.67. The molecule has 0 bridgehead atoms. The summed E-state index contributed by atoms with van der Waals surface area (Å²) in [5.41, 5.74) is 0. The highest BCUT2D eigenvalue weighted by Crippen LogP contribution is 2.09. The molecular formula is C21H43NO. The Morgan fingerprint density at radius 2 is 1.09 bits per heavy atom. The number of aliphatic hydroxyl groups is 1. The molecule has 0 saturated heterocycles. The first-order valence-electron chi connectivity index (χ1n) is 10.4. The molecule has 0 aromatic carbocycles. The minimum absolute atomic E-state index is 0.306. The van der Waals surface area contributed by atoms with E-state index in [4.69, 9.17) is 5.11 Å². The molecule has 0 spiro atoms. The van der Waals surface area contributed by atoms with E-state index in [1.54, 1.807) is 0 Å².